The third-order valence-corrected chi connectivity index (χ3v) is 2.92. The van der Waals surface area contributed by atoms with Crippen molar-refractivity contribution in [3.05, 3.63) is 0 Å². The lowest BCUT2D eigenvalue weighted by atomic mass is 9.91. The molecule has 1 aliphatic rings. The zero-order valence-corrected chi connectivity index (χ0v) is 11.0. The number of hydrogen-bond acceptors (Lipinski definition) is 3. The minimum Gasteiger partial charge on any atom is -0.328 e. The molecule has 0 bridgehead atoms. The molecule has 2 unspecified atom stereocenters. The molecule has 1 saturated heterocycles. The first-order chi connectivity index (χ1) is 6.38. The van der Waals surface area contributed by atoms with Crippen molar-refractivity contribution in [2.24, 2.45) is 17.4 Å². The van der Waals surface area contributed by atoms with Gasteiger partial charge in [0.25, 0.3) is 0 Å². The van der Waals surface area contributed by atoms with E-state index in [0.717, 1.165) is 13.1 Å². The Bertz CT molecular complexity index is 177. The molecule has 1 fully saturated rings. The van der Waals surface area contributed by atoms with E-state index < -0.39 is 0 Å². The lowest BCUT2D eigenvalue weighted by molar-refractivity contribution is 0.138. The van der Waals surface area contributed by atoms with E-state index in [9.17, 15) is 0 Å². The van der Waals surface area contributed by atoms with Gasteiger partial charge in [-0.15, -0.1) is 12.4 Å². The Labute approximate surface area is 100.0 Å². The molecule has 3 nitrogen and oxygen atoms in total. The van der Waals surface area contributed by atoms with Gasteiger partial charge in [0.05, 0.1) is 0 Å². The Morgan fingerprint density at radius 1 is 1.47 bits per heavy atom. The second-order valence-electron chi connectivity index (χ2n) is 5.49. The van der Waals surface area contributed by atoms with Gasteiger partial charge in [0, 0.05) is 24.7 Å². The molecule has 15 heavy (non-hydrogen) atoms. The van der Waals surface area contributed by atoms with E-state index in [1.807, 2.05) is 0 Å². The van der Waals surface area contributed by atoms with Crippen molar-refractivity contribution in [3.63, 3.8) is 0 Å². The molecule has 4 N–H and O–H groups in total. The number of nitrogens with zero attached hydrogens (tertiary/aromatic N) is 1. The van der Waals surface area contributed by atoms with Crippen molar-refractivity contribution in [3.8, 4) is 0 Å². The largest absolute Gasteiger partial charge is 0.328 e. The Hall–Kier alpha value is 0.170. The number of hydrogen-bond donors (Lipinski definition) is 2. The highest BCUT2D eigenvalue weighted by Crippen LogP contribution is 2.19. The van der Waals surface area contributed by atoms with Crippen LogP contribution in [0.5, 0.6) is 0 Å². The van der Waals surface area contributed by atoms with E-state index in [1.165, 1.54) is 19.4 Å². The van der Waals surface area contributed by atoms with Gasteiger partial charge < -0.3 is 16.4 Å². The number of piperidine rings is 1. The second kappa shape index (κ2) is 6.04. The Balaban J connectivity index is 0.00000196. The van der Waals surface area contributed by atoms with E-state index in [-0.39, 0.29) is 17.9 Å². The fraction of sp³-hybridized carbons (Fsp3) is 1.00. The van der Waals surface area contributed by atoms with E-state index in [4.69, 9.17) is 11.5 Å². The summed E-state index contributed by atoms with van der Waals surface area (Å²) in [6.07, 6.45) is 2.54. The lowest BCUT2D eigenvalue weighted by Gasteiger charge is -2.37. The van der Waals surface area contributed by atoms with Crippen LogP contribution in [-0.4, -0.2) is 36.1 Å². The number of likely N-dealkylation sites (tertiary alicyclic amines) is 1. The molecule has 92 valence electrons. The summed E-state index contributed by atoms with van der Waals surface area (Å²) in [6, 6.07) is 0.318. The highest BCUT2D eigenvalue weighted by molar-refractivity contribution is 5.85. The summed E-state index contributed by atoms with van der Waals surface area (Å²) in [7, 11) is 0. The fourth-order valence-electron chi connectivity index (χ4n) is 2.24. The normalized spacial score (nSPS) is 25.8. The molecular weight excluding hydrogens is 210 g/mol. The van der Waals surface area contributed by atoms with E-state index in [1.54, 1.807) is 0 Å². The molecule has 0 amide bonds. The summed E-state index contributed by atoms with van der Waals surface area (Å²) in [5.74, 6) is 0.658. The molecule has 0 aliphatic carbocycles. The summed E-state index contributed by atoms with van der Waals surface area (Å²) in [5, 5.41) is 0. The third kappa shape index (κ3) is 5.71. The van der Waals surface area contributed by atoms with E-state index in [2.05, 4.69) is 25.7 Å². The summed E-state index contributed by atoms with van der Waals surface area (Å²) in [5.41, 5.74) is 11.9. The van der Waals surface area contributed by atoms with Crippen molar-refractivity contribution in [1.29, 1.82) is 0 Å². The van der Waals surface area contributed by atoms with Gasteiger partial charge in [0.15, 0.2) is 0 Å². The smallest absolute Gasteiger partial charge is 0.0226 e. The van der Waals surface area contributed by atoms with Crippen LogP contribution in [0.25, 0.3) is 0 Å². The number of halogens is 1. The first kappa shape index (κ1) is 15.2. The molecular formula is C11H26ClN3. The molecule has 0 radical (unpaired) electrons. The monoisotopic (exact) mass is 235 g/mol. The predicted molar refractivity (Wildman–Crippen MR) is 68.3 cm³/mol. The maximum Gasteiger partial charge on any atom is 0.0226 e. The average molecular weight is 236 g/mol. The Kier molecular flexibility index (Phi) is 6.11. The number of nitrogens with two attached hydrogens (primary N) is 2. The third-order valence-electron chi connectivity index (χ3n) is 2.92. The summed E-state index contributed by atoms with van der Waals surface area (Å²) >= 11 is 0. The van der Waals surface area contributed by atoms with Gasteiger partial charge in [-0.25, -0.2) is 0 Å². The highest BCUT2D eigenvalue weighted by Gasteiger charge is 2.25. The van der Waals surface area contributed by atoms with Crippen molar-refractivity contribution < 1.29 is 0 Å². The van der Waals surface area contributed by atoms with Crippen LogP contribution < -0.4 is 11.5 Å². The van der Waals surface area contributed by atoms with E-state index in [0.29, 0.717) is 12.0 Å². The van der Waals surface area contributed by atoms with Crippen molar-refractivity contribution >= 4 is 12.4 Å². The van der Waals surface area contributed by atoms with Gasteiger partial charge in [0.1, 0.15) is 0 Å². The zero-order chi connectivity index (χ0) is 10.8. The van der Waals surface area contributed by atoms with Crippen molar-refractivity contribution in [2.75, 3.05) is 19.6 Å². The van der Waals surface area contributed by atoms with Crippen LogP contribution in [-0.2, 0) is 0 Å². The molecule has 0 saturated carbocycles. The molecule has 0 spiro atoms. The van der Waals surface area contributed by atoms with Gasteiger partial charge in [-0.2, -0.15) is 0 Å². The minimum atomic E-state index is -0.0836. The van der Waals surface area contributed by atoms with Gasteiger partial charge in [-0.1, -0.05) is 0 Å². The summed E-state index contributed by atoms with van der Waals surface area (Å²) in [4.78, 5) is 2.46. The van der Waals surface area contributed by atoms with Crippen molar-refractivity contribution in [1.82, 2.24) is 4.90 Å². The fourth-order valence-corrected chi connectivity index (χ4v) is 2.24. The van der Waals surface area contributed by atoms with E-state index >= 15 is 0 Å². The molecule has 4 heteroatoms. The van der Waals surface area contributed by atoms with Gasteiger partial charge >= 0.3 is 0 Å². The zero-order valence-electron chi connectivity index (χ0n) is 10.2. The first-order valence-corrected chi connectivity index (χ1v) is 5.65. The van der Waals surface area contributed by atoms with Crippen LogP contribution in [0, 0.1) is 5.92 Å². The quantitative estimate of drug-likeness (QED) is 0.773. The Morgan fingerprint density at radius 3 is 2.53 bits per heavy atom. The molecule has 1 rings (SSSR count). The highest BCUT2D eigenvalue weighted by atomic mass is 35.5. The van der Waals surface area contributed by atoms with Crippen LogP contribution in [0.3, 0.4) is 0 Å². The SMILES string of the molecule is CC(N)C1CCCN(CC(C)(C)N)C1.Cl. The minimum absolute atomic E-state index is 0. The van der Waals surface area contributed by atoms with Gasteiger partial charge in [0.2, 0.25) is 0 Å². The average Bonchev–Trinajstić information content (AvgIpc) is 2.01. The maximum atomic E-state index is 6.01. The molecule has 1 aliphatic heterocycles. The van der Waals surface area contributed by atoms with Crippen molar-refractivity contribution in [2.45, 2.75) is 45.2 Å². The number of rotatable bonds is 3. The van der Waals surface area contributed by atoms with Crippen LogP contribution in [0.4, 0.5) is 0 Å². The summed E-state index contributed by atoms with van der Waals surface area (Å²) in [6.45, 7) is 9.57. The molecule has 0 aromatic heterocycles. The van der Waals surface area contributed by atoms with Crippen LogP contribution >= 0.6 is 12.4 Å². The predicted octanol–water partition coefficient (Wildman–Crippen LogP) is 1.20. The van der Waals surface area contributed by atoms with Gasteiger partial charge in [-0.3, -0.25) is 0 Å². The molecule has 1 heterocycles. The topological polar surface area (TPSA) is 55.3 Å². The van der Waals surface area contributed by atoms with Crippen LogP contribution in [0.2, 0.25) is 0 Å². The first-order valence-electron chi connectivity index (χ1n) is 5.65. The second-order valence-corrected chi connectivity index (χ2v) is 5.49. The summed E-state index contributed by atoms with van der Waals surface area (Å²) < 4.78 is 0. The molecule has 0 aromatic rings. The maximum absolute atomic E-state index is 6.01. The standard InChI is InChI=1S/C11H25N3.ClH/c1-9(12)10-5-4-6-14(7-10)8-11(2,3)13;/h9-10H,4-8,12-13H2,1-3H3;1H. The molecule has 0 aromatic carbocycles. The van der Waals surface area contributed by atoms with Crippen LogP contribution in [0.15, 0.2) is 0 Å². The lowest BCUT2D eigenvalue weighted by Crippen LogP contribution is -2.50. The van der Waals surface area contributed by atoms with Crippen LogP contribution in [0.1, 0.15) is 33.6 Å². The molecule has 2 atom stereocenters. The van der Waals surface area contributed by atoms with Gasteiger partial charge in [-0.05, 0) is 46.1 Å². The Morgan fingerprint density at radius 2 is 2.07 bits per heavy atom.